The van der Waals surface area contributed by atoms with E-state index in [1.165, 1.54) is 6.07 Å². The Bertz CT molecular complexity index is 586. The van der Waals surface area contributed by atoms with Crippen molar-refractivity contribution in [2.45, 2.75) is 13.5 Å². The molecule has 1 aliphatic heterocycles. The maximum Gasteiger partial charge on any atom is 0.488 e. The van der Waals surface area contributed by atoms with Crippen LogP contribution in [0.3, 0.4) is 0 Å². The highest BCUT2D eigenvalue weighted by atomic mass is 32.3. The van der Waals surface area contributed by atoms with Gasteiger partial charge in [0.25, 0.3) is 0 Å². The summed E-state index contributed by atoms with van der Waals surface area (Å²) in [5, 5.41) is 3.24. The Balaban J connectivity index is 2.21. The molecule has 0 atom stereocenters. The van der Waals surface area contributed by atoms with E-state index in [4.69, 9.17) is 5.73 Å². The molecule has 1 aliphatic rings. The Morgan fingerprint density at radius 3 is 2.65 bits per heavy atom. The number of nitrogens with one attached hydrogen (secondary N) is 1. The fraction of sp³-hybridized carbons (Fsp3) is 0.500. The summed E-state index contributed by atoms with van der Waals surface area (Å²) in [7, 11) is -5.05. The number of hydrogen-bond acceptors (Lipinski definition) is 6. The molecule has 1 fully saturated rings. The van der Waals surface area contributed by atoms with Crippen LogP contribution in [0.1, 0.15) is 11.1 Å². The maximum absolute atomic E-state index is 12.7. The summed E-state index contributed by atoms with van der Waals surface area (Å²) < 4.78 is 38.2. The van der Waals surface area contributed by atoms with Crippen molar-refractivity contribution in [1.29, 1.82) is 0 Å². The Morgan fingerprint density at radius 2 is 2.05 bits per heavy atom. The number of benzene rings is 1. The lowest BCUT2D eigenvalue weighted by Crippen LogP contribution is -2.42. The van der Waals surface area contributed by atoms with E-state index in [9.17, 15) is 12.3 Å². The van der Waals surface area contributed by atoms with E-state index in [-0.39, 0.29) is 5.75 Å². The quantitative estimate of drug-likeness (QED) is 0.625. The van der Waals surface area contributed by atoms with Gasteiger partial charge in [-0.05, 0) is 24.6 Å². The molecule has 0 unspecified atom stereocenters. The molecule has 3 N–H and O–H groups in total. The van der Waals surface area contributed by atoms with E-state index in [1.807, 2.05) is 0 Å². The molecule has 2 rings (SSSR count). The van der Waals surface area contributed by atoms with Crippen LogP contribution in [0.15, 0.2) is 12.1 Å². The Morgan fingerprint density at radius 1 is 1.40 bits per heavy atom. The van der Waals surface area contributed by atoms with Crippen molar-refractivity contribution >= 4 is 16.2 Å². The van der Waals surface area contributed by atoms with Crippen molar-refractivity contribution in [2.75, 3.05) is 31.9 Å². The largest absolute Gasteiger partial charge is 0.488 e. The van der Waals surface area contributed by atoms with Gasteiger partial charge < -0.3 is 15.2 Å². The van der Waals surface area contributed by atoms with E-state index >= 15 is 0 Å². The van der Waals surface area contributed by atoms with Crippen LogP contribution in [0.2, 0.25) is 0 Å². The third kappa shape index (κ3) is 4.06. The summed E-state index contributed by atoms with van der Waals surface area (Å²) in [6, 6.07) is 3.28. The molecule has 0 spiro atoms. The third-order valence-electron chi connectivity index (χ3n) is 3.27. The lowest BCUT2D eigenvalue weighted by atomic mass is 10.1. The van der Waals surface area contributed by atoms with Gasteiger partial charge >= 0.3 is 10.5 Å². The normalized spacial score (nSPS) is 17.1. The standard InChI is InChI=1S/C12H18FN3O3S/c1-9-11(14)6-10(7-12(9)19-20(13,17)18)8-16-4-2-15-3-5-16/h6-7,15H,2-5,8,14H2,1H3. The number of nitrogen functional groups attached to an aromatic ring is 1. The lowest BCUT2D eigenvalue weighted by molar-refractivity contribution is 0.233. The number of nitrogens with two attached hydrogens (primary N) is 1. The zero-order valence-corrected chi connectivity index (χ0v) is 12.0. The average Bonchev–Trinajstić information content (AvgIpc) is 2.35. The molecule has 1 aromatic rings. The summed E-state index contributed by atoms with van der Waals surface area (Å²) in [4.78, 5) is 2.20. The van der Waals surface area contributed by atoms with Gasteiger partial charge in [0.15, 0.2) is 5.75 Å². The first-order chi connectivity index (χ1) is 9.35. The molecule has 6 nitrogen and oxygen atoms in total. The molecule has 1 aromatic carbocycles. The molecule has 1 saturated heterocycles. The molecule has 0 aliphatic carbocycles. The van der Waals surface area contributed by atoms with Gasteiger partial charge in [-0.25, -0.2) is 0 Å². The minimum absolute atomic E-state index is 0.0577. The van der Waals surface area contributed by atoms with Crippen LogP contribution < -0.4 is 15.2 Å². The number of rotatable bonds is 4. The van der Waals surface area contributed by atoms with Gasteiger partial charge in [-0.2, -0.15) is 8.42 Å². The average molecular weight is 303 g/mol. The Labute approximate surface area is 118 Å². The van der Waals surface area contributed by atoms with Crippen molar-refractivity contribution in [2.24, 2.45) is 0 Å². The van der Waals surface area contributed by atoms with Crippen molar-refractivity contribution in [3.63, 3.8) is 0 Å². The minimum Gasteiger partial charge on any atom is -0.398 e. The number of hydrogen-bond donors (Lipinski definition) is 2. The molecular weight excluding hydrogens is 285 g/mol. The fourth-order valence-corrected chi connectivity index (χ4v) is 2.57. The van der Waals surface area contributed by atoms with Crippen LogP contribution in [-0.4, -0.2) is 39.5 Å². The molecular formula is C12H18FN3O3S. The molecule has 20 heavy (non-hydrogen) atoms. The van der Waals surface area contributed by atoms with Gasteiger partial charge in [-0.15, -0.1) is 0 Å². The van der Waals surface area contributed by atoms with Gasteiger partial charge in [0.05, 0.1) is 0 Å². The molecule has 0 radical (unpaired) electrons. The number of piperazine rings is 1. The second kappa shape index (κ2) is 5.94. The zero-order valence-electron chi connectivity index (χ0n) is 11.2. The van der Waals surface area contributed by atoms with Crippen LogP contribution in [0.5, 0.6) is 5.75 Å². The molecule has 0 saturated carbocycles. The highest BCUT2D eigenvalue weighted by molar-refractivity contribution is 7.81. The second-order valence-electron chi connectivity index (χ2n) is 4.81. The highest BCUT2D eigenvalue weighted by Gasteiger charge is 2.16. The van der Waals surface area contributed by atoms with Crippen LogP contribution in [0.4, 0.5) is 9.57 Å². The van der Waals surface area contributed by atoms with E-state index in [0.717, 1.165) is 31.7 Å². The highest BCUT2D eigenvalue weighted by Crippen LogP contribution is 2.28. The maximum atomic E-state index is 12.7. The fourth-order valence-electron chi connectivity index (χ4n) is 2.18. The predicted octanol–water partition coefficient (Wildman–Crippen LogP) is 0.576. The van der Waals surface area contributed by atoms with Crippen molar-refractivity contribution < 1.29 is 16.5 Å². The van der Waals surface area contributed by atoms with Gasteiger partial charge in [0.2, 0.25) is 0 Å². The summed E-state index contributed by atoms with van der Waals surface area (Å²) in [5.41, 5.74) is 7.41. The lowest BCUT2D eigenvalue weighted by Gasteiger charge is -2.27. The van der Waals surface area contributed by atoms with Crippen LogP contribution >= 0.6 is 0 Å². The Kier molecular flexibility index (Phi) is 4.46. The Hall–Kier alpha value is -1.38. The topological polar surface area (TPSA) is 84.7 Å². The number of nitrogens with zero attached hydrogens (tertiary/aromatic N) is 1. The smallest absolute Gasteiger partial charge is 0.398 e. The van der Waals surface area contributed by atoms with Crippen LogP contribution in [0.25, 0.3) is 0 Å². The molecule has 8 heteroatoms. The van der Waals surface area contributed by atoms with E-state index in [2.05, 4.69) is 14.4 Å². The molecule has 0 bridgehead atoms. The number of anilines is 1. The molecule has 0 amide bonds. The van der Waals surface area contributed by atoms with Crippen molar-refractivity contribution in [3.8, 4) is 5.75 Å². The third-order valence-corrected chi connectivity index (χ3v) is 3.64. The van der Waals surface area contributed by atoms with E-state index in [0.29, 0.717) is 17.8 Å². The van der Waals surface area contributed by atoms with Crippen molar-refractivity contribution in [3.05, 3.63) is 23.3 Å². The van der Waals surface area contributed by atoms with Gasteiger partial charge in [0.1, 0.15) is 0 Å². The predicted molar refractivity (Wildman–Crippen MR) is 74.4 cm³/mol. The first-order valence-electron chi connectivity index (χ1n) is 6.31. The number of halogens is 1. The summed E-state index contributed by atoms with van der Waals surface area (Å²) in [6.45, 7) is 5.81. The summed E-state index contributed by atoms with van der Waals surface area (Å²) in [5.74, 6) is -0.0577. The summed E-state index contributed by atoms with van der Waals surface area (Å²) >= 11 is 0. The zero-order chi connectivity index (χ0) is 14.8. The van der Waals surface area contributed by atoms with Gasteiger partial charge in [-0.1, -0.05) is 3.89 Å². The van der Waals surface area contributed by atoms with Gasteiger partial charge in [-0.3, -0.25) is 4.90 Å². The molecule has 0 aromatic heterocycles. The minimum atomic E-state index is -5.05. The van der Waals surface area contributed by atoms with Crippen LogP contribution in [0, 0.1) is 6.92 Å². The van der Waals surface area contributed by atoms with Gasteiger partial charge in [0, 0.05) is 44.0 Å². The van der Waals surface area contributed by atoms with Crippen LogP contribution in [-0.2, 0) is 17.0 Å². The molecule has 1 heterocycles. The molecule has 112 valence electrons. The first kappa shape index (κ1) is 15.0. The first-order valence-corrected chi connectivity index (χ1v) is 7.62. The SMILES string of the molecule is Cc1c(N)cc(CN2CCNCC2)cc1OS(=O)(=O)F. The van der Waals surface area contributed by atoms with E-state index in [1.54, 1.807) is 13.0 Å². The monoisotopic (exact) mass is 303 g/mol. The second-order valence-corrected chi connectivity index (χ2v) is 5.76. The van der Waals surface area contributed by atoms with E-state index < -0.39 is 10.5 Å². The summed E-state index contributed by atoms with van der Waals surface area (Å²) in [6.07, 6.45) is 0. The van der Waals surface area contributed by atoms with Crippen molar-refractivity contribution in [1.82, 2.24) is 10.2 Å².